The molecule has 0 radical (unpaired) electrons. The fourth-order valence-corrected chi connectivity index (χ4v) is 3.01. The third kappa shape index (κ3) is 3.44. The predicted octanol–water partition coefficient (Wildman–Crippen LogP) is 5.04. The molecule has 0 aliphatic heterocycles. The molecule has 0 amide bonds. The highest BCUT2D eigenvalue weighted by atomic mass is 16.3. The summed E-state index contributed by atoms with van der Waals surface area (Å²) in [6, 6.07) is 17.8. The van der Waals surface area contributed by atoms with Crippen LogP contribution in [-0.2, 0) is 0 Å². The molecule has 2 aromatic carbocycles. The molecule has 136 valence electrons. The van der Waals surface area contributed by atoms with Gasteiger partial charge in [0.05, 0.1) is 11.0 Å². The lowest BCUT2D eigenvalue weighted by Crippen LogP contribution is -2.20. The van der Waals surface area contributed by atoms with Crippen molar-refractivity contribution in [1.29, 1.82) is 0 Å². The Balaban J connectivity index is 1.64. The molecule has 0 aliphatic carbocycles. The monoisotopic (exact) mass is 358 g/mol. The first-order valence-corrected chi connectivity index (χ1v) is 8.91. The molecule has 0 fully saturated rings. The second-order valence-corrected chi connectivity index (χ2v) is 6.88. The summed E-state index contributed by atoms with van der Waals surface area (Å²) >= 11 is 0. The van der Waals surface area contributed by atoms with Gasteiger partial charge in [0.2, 0.25) is 0 Å². The Bertz CT molecular complexity index is 1100. The summed E-state index contributed by atoms with van der Waals surface area (Å²) in [7, 11) is 0. The minimum atomic E-state index is 0.334. The van der Waals surface area contributed by atoms with Gasteiger partial charge in [-0.3, -0.25) is 0 Å². The maximum atomic E-state index is 5.99. The zero-order valence-electron chi connectivity index (χ0n) is 15.4. The van der Waals surface area contributed by atoms with Crippen molar-refractivity contribution in [3.8, 4) is 22.9 Å². The Morgan fingerprint density at radius 3 is 2.56 bits per heavy atom. The molecule has 0 unspecified atom stereocenters. The van der Waals surface area contributed by atoms with E-state index in [-0.39, 0.29) is 0 Å². The molecule has 2 aromatic heterocycles. The van der Waals surface area contributed by atoms with Crippen molar-refractivity contribution in [3.05, 3.63) is 66.7 Å². The van der Waals surface area contributed by atoms with E-state index in [2.05, 4.69) is 35.7 Å². The van der Waals surface area contributed by atoms with Gasteiger partial charge in [-0.25, -0.2) is 4.98 Å². The number of fused-ring (bicyclic) bond motifs is 1. The van der Waals surface area contributed by atoms with E-state index < -0.39 is 0 Å². The van der Waals surface area contributed by atoms with Crippen molar-refractivity contribution in [2.45, 2.75) is 19.9 Å². The Kier molecular flexibility index (Phi) is 4.20. The van der Waals surface area contributed by atoms with Gasteiger partial charge in [-0.05, 0) is 67.9 Å². The molecular formula is C22H22N4O. The minimum Gasteiger partial charge on any atom is -0.453 e. The summed E-state index contributed by atoms with van der Waals surface area (Å²) in [4.78, 5) is 7.99. The molecule has 0 spiro atoms. The summed E-state index contributed by atoms with van der Waals surface area (Å²) in [5, 5.41) is 3.33. The number of furan rings is 1. The summed E-state index contributed by atoms with van der Waals surface area (Å²) in [6.07, 6.45) is 0. The second kappa shape index (κ2) is 6.68. The molecule has 0 aliphatic rings. The molecule has 5 heteroatoms. The number of hydrogen-bond acceptors (Lipinski definition) is 4. The molecule has 0 saturated heterocycles. The van der Waals surface area contributed by atoms with E-state index in [1.807, 2.05) is 54.6 Å². The van der Waals surface area contributed by atoms with Crippen LogP contribution < -0.4 is 11.1 Å². The van der Waals surface area contributed by atoms with Crippen LogP contribution in [0.1, 0.15) is 19.4 Å². The van der Waals surface area contributed by atoms with E-state index in [1.54, 1.807) is 0 Å². The molecule has 4 N–H and O–H groups in total. The fourth-order valence-electron chi connectivity index (χ4n) is 3.01. The van der Waals surface area contributed by atoms with Gasteiger partial charge in [-0.2, -0.15) is 0 Å². The summed E-state index contributed by atoms with van der Waals surface area (Å²) in [5.41, 5.74) is 11.2. The van der Waals surface area contributed by atoms with Crippen LogP contribution in [0.15, 0.2) is 65.6 Å². The molecule has 0 saturated carbocycles. The van der Waals surface area contributed by atoms with Crippen molar-refractivity contribution in [3.63, 3.8) is 0 Å². The number of anilines is 1. The number of aromatic nitrogens is 2. The number of nitrogens with two attached hydrogens (primary N) is 1. The quantitative estimate of drug-likeness (QED) is 0.437. The van der Waals surface area contributed by atoms with Gasteiger partial charge in [-0.15, -0.1) is 0 Å². The number of nitrogens with zero attached hydrogens (tertiary/aromatic N) is 1. The third-order valence-corrected chi connectivity index (χ3v) is 4.33. The number of H-pyrrole nitrogens is 1. The smallest absolute Gasteiger partial charge is 0.174 e. The van der Waals surface area contributed by atoms with Gasteiger partial charge in [0, 0.05) is 23.0 Å². The highest BCUT2D eigenvalue weighted by Gasteiger charge is 2.12. The van der Waals surface area contributed by atoms with Crippen LogP contribution in [0, 0.1) is 0 Å². The lowest BCUT2D eigenvalue weighted by atomic mass is 10.1. The molecule has 0 atom stereocenters. The van der Waals surface area contributed by atoms with E-state index in [0.29, 0.717) is 17.6 Å². The molecule has 4 aromatic rings. The van der Waals surface area contributed by atoms with Gasteiger partial charge >= 0.3 is 0 Å². The number of rotatable bonds is 5. The van der Waals surface area contributed by atoms with Gasteiger partial charge in [0.15, 0.2) is 11.6 Å². The van der Waals surface area contributed by atoms with Gasteiger partial charge < -0.3 is 20.5 Å². The minimum absolute atomic E-state index is 0.334. The van der Waals surface area contributed by atoms with Crippen LogP contribution in [-0.4, -0.2) is 16.0 Å². The van der Waals surface area contributed by atoms with Crippen LogP contribution >= 0.6 is 0 Å². The largest absolute Gasteiger partial charge is 0.453 e. The Labute approximate surface area is 157 Å². The average Bonchev–Trinajstić information content (AvgIpc) is 3.28. The van der Waals surface area contributed by atoms with Crippen molar-refractivity contribution in [1.82, 2.24) is 15.3 Å². The molecule has 5 nitrogen and oxygen atoms in total. The summed E-state index contributed by atoms with van der Waals surface area (Å²) < 4.78 is 5.99. The first-order valence-electron chi connectivity index (χ1n) is 8.91. The normalized spacial score (nSPS) is 11.2. The van der Waals surface area contributed by atoms with Gasteiger partial charge in [-0.1, -0.05) is 12.6 Å². The molecule has 4 rings (SSSR count). The van der Waals surface area contributed by atoms with Crippen LogP contribution in [0.3, 0.4) is 0 Å². The first kappa shape index (κ1) is 17.0. The average molecular weight is 358 g/mol. The lowest BCUT2D eigenvalue weighted by molar-refractivity contribution is 0.593. The standard InChI is InChI=1S/C22H22N4O/c1-13(2)24-14(3)16-6-9-18-19(12-16)26-22(25-18)21-11-10-20(27-21)15-4-7-17(23)8-5-15/h4-13,24H,3,23H2,1-2H3,(H,25,26). The number of benzene rings is 2. The van der Waals surface area contributed by atoms with Crippen molar-refractivity contribution < 1.29 is 4.42 Å². The van der Waals surface area contributed by atoms with E-state index >= 15 is 0 Å². The highest BCUT2D eigenvalue weighted by molar-refractivity contribution is 5.82. The third-order valence-electron chi connectivity index (χ3n) is 4.33. The van der Waals surface area contributed by atoms with Gasteiger partial charge in [0.25, 0.3) is 0 Å². The van der Waals surface area contributed by atoms with Crippen molar-refractivity contribution >= 4 is 22.4 Å². The summed E-state index contributed by atoms with van der Waals surface area (Å²) in [5.74, 6) is 2.17. The molecule has 0 bridgehead atoms. The maximum absolute atomic E-state index is 5.99. The number of aromatic amines is 1. The molecular weight excluding hydrogens is 336 g/mol. The fraction of sp³-hybridized carbons (Fsp3) is 0.136. The van der Waals surface area contributed by atoms with Crippen molar-refractivity contribution in [2.24, 2.45) is 0 Å². The summed E-state index contributed by atoms with van der Waals surface area (Å²) in [6.45, 7) is 8.29. The van der Waals surface area contributed by atoms with Crippen molar-refractivity contribution in [2.75, 3.05) is 5.73 Å². The molecule has 2 heterocycles. The van der Waals surface area contributed by atoms with E-state index in [9.17, 15) is 0 Å². The topological polar surface area (TPSA) is 79.9 Å². The first-order chi connectivity index (χ1) is 13.0. The van der Waals surface area contributed by atoms with Crippen LogP contribution in [0.2, 0.25) is 0 Å². The maximum Gasteiger partial charge on any atom is 0.174 e. The molecule has 27 heavy (non-hydrogen) atoms. The Morgan fingerprint density at radius 2 is 1.81 bits per heavy atom. The second-order valence-electron chi connectivity index (χ2n) is 6.88. The Morgan fingerprint density at radius 1 is 1.07 bits per heavy atom. The Hall–Kier alpha value is -3.47. The number of nitrogens with one attached hydrogen (secondary N) is 2. The van der Waals surface area contributed by atoms with E-state index in [4.69, 9.17) is 10.2 Å². The van der Waals surface area contributed by atoms with E-state index in [0.717, 1.165) is 39.3 Å². The van der Waals surface area contributed by atoms with Crippen LogP contribution in [0.25, 0.3) is 39.6 Å². The predicted molar refractivity (Wildman–Crippen MR) is 111 cm³/mol. The zero-order valence-corrected chi connectivity index (χ0v) is 15.4. The van der Waals surface area contributed by atoms with Gasteiger partial charge in [0.1, 0.15) is 5.76 Å². The van der Waals surface area contributed by atoms with Crippen LogP contribution in [0.4, 0.5) is 5.69 Å². The lowest BCUT2D eigenvalue weighted by Gasteiger charge is -2.12. The SMILES string of the molecule is C=C(NC(C)C)c1ccc2nc(-c3ccc(-c4ccc(N)cc4)o3)[nH]c2c1. The number of nitrogen functional groups attached to an aromatic ring is 1. The van der Waals surface area contributed by atoms with Crippen LogP contribution in [0.5, 0.6) is 0 Å². The highest BCUT2D eigenvalue weighted by Crippen LogP contribution is 2.29. The number of hydrogen-bond donors (Lipinski definition) is 3. The zero-order chi connectivity index (χ0) is 19.0. The number of imidazole rings is 1. The van der Waals surface area contributed by atoms with E-state index in [1.165, 1.54) is 0 Å².